The third-order valence-electron chi connectivity index (χ3n) is 5.05. The lowest BCUT2D eigenvalue weighted by Gasteiger charge is -2.05. The van der Waals surface area contributed by atoms with Gasteiger partial charge in [-0.1, -0.05) is 73.7 Å². The standard InChI is InChI=1S/C27H27FN2/c1-3-5-6-9-23-10-7-8-11-25(23)20-30-29-19-22-14-17-26(27(28)18-22)24-15-12-21(4-2)13-16-24/h3,7-8,10-20H,1,4-6,9H2,2H3. The summed E-state index contributed by atoms with van der Waals surface area (Å²) in [5.41, 5.74) is 5.67. The van der Waals surface area contributed by atoms with Gasteiger partial charge in [0.15, 0.2) is 0 Å². The van der Waals surface area contributed by atoms with Crippen molar-refractivity contribution in [1.29, 1.82) is 0 Å². The van der Waals surface area contributed by atoms with Crippen LogP contribution >= 0.6 is 0 Å². The fourth-order valence-corrected chi connectivity index (χ4v) is 3.29. The van der Waals surface area contributed by atoms with Crippen LogP contribution in [0.1, 0.15) is 42.0 Å². The number of rotatable bonds is 9. The lowest BCUT2D eigenvalue weighted by atomic mass is 10.0. The van der Waals surface area contributed by atoms with E-state index in [-0.39, 0.29) is 5.82 Å². The molecule has 0 N–H and O–H groups in total. The molecule has 0 atom stereocenters. The molecule has 0 saturated heterocycles. The van der Waals surface area contributed by atoms with Crippen LogP contribution in [0, 0.1) is 5.82 Å². The molecule has 0 aliphatic rings. The molecule has 0 amide bonds. The van der Waals surface area contributed by atoms with Gasteiger partial charge in [0.1, 0.15) is 5.82 Å². The van der Waals surface area contributed by atoms with Crippen molar-refractivity contribution >= 4 is 12.4 Å². The predicted octanol–water partition coefficient (Wildman–Crippen LogP) is 7.02. The molecular formula is C27H27FN2. The largest absolute Gasteiger partial charge is 0.206 e. The van der Waals surface area contributed by atoms with Gasteiger partial charge >= 0.3 is 0 Å². The van der Waals surface area contributed by atoms with Gasteiger partial charge < -0.3 is 0 Å². The molecule has 152 valence electrons. The number of unbranched alkanes of at least 4 members (excludes halogenated alkanes) is 1. The summed E-state index contributed by atoms with van der Waals surface area (Å²) >= 11 is 0. The lowest BCUT2D eigenvalue weighted by Crippen LogP contribution is -1.93. The number of halogens is 1. The van der Waals surface area contributed by atoms with Gasteiger partial charge in [-0.3, -0.25) is 0 Å². The Hall–Kier alpha value is -3.33. The van der Waals surface area contributed by atoms with Crippen LogP contribution in [0.25, 0.3) is 11.1 Å². The van der Waals surface area contributed by atoms with Gasteiger partial charge in [-0.25, -0.2) is 4.39 Å². The molecule has 0 aromatic heterocycles. The smallest absolute Gasteiger partial charge is 0.131 e. The van der Waals surface area contributed by atoms with Crippen molar-refractivity contribution < 1.29 is 4.39 Å². The van der Waals surface area contributed by atoms with E-state index in [0.717, 1.165) is 36.8 Å². The van der Waals surface area contributed by atoms with Crippen molar-refractivity contribution in [2.45, 2.75) is 32.6 Å². The zero-order chi connectivity index (χ0) is 21.2. The van der Waals surface area contributed by atoms with Crippen LogP contribution in [0.2, 0.25) is 0 Å². The fraction of sp³-hybridized carbons (Fsp3) is 0.185. The molecule has 30 heavy (non-hydrogen) atoms. The summed E-state index contributed by atoms with van der Waals surface area (Å²) in [6, 6.07) is 21.3. The minimum Gasteiger partial charge on any atom is -0.206 e. The van der Waals surface area contributed by atoms with Gasteiger partial charge in [0.05, 0.1) is 12.4 Å². The average molecular weight is 399 g/mol. The number of allylic oxidation sites excluding steroid dienone is 1. The van der Waals surface area contributed by atoms with E-state index in [2.05, 4.69) is 29.8 Å². The minimum absolute atomic E-state index is 0.264. The normalized spacial score (nSPS) is 11.4. The highest BCUT2D eigenvalue weighted by Gasteiger charge is 2.05. The summed E-state index contributed by atoms with van der Waals surface area (Å²) in [5.74, 6) is -0.264. The van der Waals surface area contributed by atoms with E-state index in [1.165, 1.54) is 17.2 Å². The lowest BCUT2D eigenvalue weighted by molar-refractivity contribution is 0.631. The molecule has 0 unspecified atom stereocenters. The topological polar surface area (TPSA) is 24.7 Å². The summed E-state index contributed by atoms with van der Waals surface area (Å²) in [4.78, 5) is 0. The number of aryl methyl sites for hydroxylation is 2. The van der Waals surface area contributed by atoms with E-state index in [0.29, 0.717) is 11.1 Å². The first kappa shape index (κ1) is 21.4. The van der Waals surface area contributed by atoms with Crippen LogP contribution in [-0.4, -0.2) is 12.4 Å². The minimum atomic E-state index is -0.264. The third kappa shape index (κ3) is 5.84. The second-order valence-electron chi connectivity index (χ2n) is 7.16. The van der Waals surface area contributed by atoms with Crippen molar-refractivity contribution in [2.75, 3.05) is 0 Å². The van der Waals surface area contributed by atoms with Crippen molar-refractivity contribution in [3.63, 3.8) is 0 Å². The SMILES string of the molecule is C=CCCCc1ccccc1C=NN=Cc1ccc(-c2ccc(CC)cc2)c(F)c1. The van der Waals surface area contributed by atoms with Crippen molar-refractivity contribution in [3.05, 3.63) is 107 Å². The van der Waals surface area contributed by atoms with Gasteiger partial charge in [-0.15, -0.1) is 6.58 Å². The monoisotopic (exact) mass is 398 g/mol. The number of nitrogens with zero attached hydrogens (tertiary/aromatic N) is 2. The van der Waals surface area contributed by atoms with E-state index in [4.69, 9.17) is 0 Å². The molecule has 0 fully saturated rings. The summed E-state index contributed by atoms with van der Waals surface area (Å²) in [5, 5.41) is 8.26. The predicted molar refractivity (Wildman–Crippen MR) is 126 cm³/mol. The zero-order valence-corrected chi connectivity index (χ0v) is 17.4. The molecule has 0 aliphatic carbocycles. The third-order valence-corrected chi connectivity index (χ3v) is 5.05. The molecule has 3 aromatic carbocycles. The first-order chi connectivity index (χ1) is 14.7. The van der Waals surface area contributed by atoms with E-state index in [9.17, 15) is 4.39 Å². The molecule has 3 heteroatoms. The summed E-state index contributed by atoms with van der Waals surface area (Å²) in [6.45, 7) is 5.87. The Labute approximate surface area is 178 Å². The highest BCUT2D eigenvalue weighted by atomic mass is 19.1. The van der Waals surface area contributed by atoms with E-state index < -0.39 is 0 Å². The van der Waals surface area contributed by atoms with Crippen molar-refractivity contribution in [3.8, 4) is 11.1 Å². The first-order valence-corrected chi connectivity index (χ1v) is 10.4. The van der Waals surface area contributed by atoms with Gasteiger partial charge in [-0.2, -0.15) is 10.2 Å². The van der Waals surface area contributed by atoms with E-state index in [1.54, 1.807) is 18.5 Å². The van der Waals surface area contributed by atoms with Gasteiger partial charge in [-0.05, 0) is 59.6 Å². The Balaban J connectivity index is 1.68. The summed E-state index contributed by atoms with van der Waals surface area (Å²) in [6.07, 6.45) is 9.26. The Bertz CT molecular complexity index is 1030. The van der Waals surface area contributed by atoms with Gasteiger partial charge in [0.2, 0.25) is 0 Å². The Morgan fingerprint density at radius 1 is 0.933 bits per heavy atom. The second kappa shape index (κ2) is 11.0. The molecule has 0 spiro atoms. The second-order valence-corrected chi connectivity index (χ2v) is 7.16. The highest BCUT2D eigenvalue weighted by Crippen LogP contribution is 2.24. The van der Waals surface area contributed by atoms with Crippen LogP contribution in [0.3, 0.4) is 0 Å². The molecule has 0 heterocycles. The Morgan fingerprint density at radius 2 is 1.70 bits per heavy atom. The molecule has 3 rings (SSSR count). The summed E-state index contributed by atoms with van der Waals surface area (Å²) in [7, 11) is 0. The van der Waals surface area contributed by atoms with Crippen molar-refractivity contribution in [1.82, 2.24) is 0 Å². The Kier molecular flexibility index (Phi) is 7.85. The molecule has 0 radical (unpaired) electrons. The maximum absolute atomic E-state index is 14.6. The Morgan fingerprint density at radius 3 is 2.43 bits per heavy atom. The maximum atomic E-state index is 14.6. The number of hydrogen-bond donors (Lipinski definition) is 0. The molecule has 0 bridgehead atoms. The highest BCUT2D eigenvalue weighted by molar-refractivity contribution is 5.84. The average Bonchev–Trinajstić information content (AvgIpc) is 2.78. The molecule has 2 nitrogen and oxygen atoms in total. The van der Waals surface area contributed by atoms with Gasteiger partial charge in [0, 0.05) is 5.56 Å². The van der Waals surface area contributed by atoms with Gasteiger partial charge in [0.25, 0.3) is 0 Å². The number of hydrogen-bond acceptors (Lipinski definition) is 2. The number of benzene rings is 3. The van der Waals surface area contributed by atoms with Crippen LogP contribution in [-0.2, 0) is 12.8 Å². The van der Waals surface area contributed by atoms with Crippen LogP contribution in [0.15, 0.2) is 89.6 Å². The van der Waals surface area contributed by atoms with Crippen molar-refractivity contribution in [2.24, 2.45) is 10.2 Å². The van der Waals surface area contributed by atoms with Crippen LogP contribution in [0.4, 0.5) is 4.39 Å². The molecular weight excluding hydrogens is 371 g/mol. The maximum Gasteiger partial charge on any atom is 0.131 e. The first-order valence-electron chi connectivity index (χ1n) is 10.4. The van der Waals surface area contributed by atoms with E-state index >= 15 is 0 Å². The van der Waals surface area contributed by atoms with E-state index in [1.807, 2.05) is 54.6 Å². The van der Waals surface area contributed by atoms with Crippen LogP contribution in [0.5, 0.6) is 0 Å². The van der Waals surface area contributed by atoms with Crippen LogP contribution < -0.4 is 0 Å². The zero-order valence-electron chi connectivity index (χ0n) is 17.4. The molecule has 0 aliphatic heterocycles. The summed E-state index contributed by atoms with van der Waals surface area (Å²) < 4.78 is 14.6. The molecule has 0 saturated carbocycles. The fourth-order valence-electron chi connectivity index (χ4n) is 3.29. The quantitative estimate of drug-likeness (QED) is 0.160. The molecule has 3 aromatic rings.